The monoisotopic (exact) mass is 425 g/mol. The Hall–Kier alpha value is -4.33. The Morgan fingerprint density at radius 3 is 2.56 bits per heavy atom. The predicted octanol–water partition coefficient (Wildman–Crippen LogP) is 4.27. The second-order valence-electron chi connectivity index (χ2n) is 7.31. The molecule has 0 aliphatic rings. The molecule has 2 aromatic carbocycles. The minimum absolute atomic E-state index is 0.354. The third-order valence-corrected chi connectivity index (χ3v) is 5.07. The van der Waals surface area contributed by atoms with Crippen LogP contribution < -0.4 is 11.1 Å². The fourth-order valence-electron chi connectivity index (χ4n) is 3.53. The molecule has 32 heavy (non-hydrogen) atoms. The fourth-order valence-corrected chi connectivity index (χ4v) is 3.53. The molecule has 158 valence electrons. The fraction of sp³-hybridized carbons (Fsp3) is 0.0833. The van der Waals surface area contributed by atoms with Gasteiger partial charge in [0.2, 0.25) is 5.95 Å². The van der Waals surface area contributed by atoms with E-state index in [1.54, 1.807) is 23.0 Å². The second kappa shape index (κ2) is 8.43. The number of halogens is 1. The molecule has 0 spiro atoms. The maximum absolute atomic E-state index is 14.0. The molecule has 0 atom stereocenters. The summed E-state index contributed by atoms with van der Waals surface area (Å²) in [6.07, 6.45) is 1.73. The van der Waals surface area contributed by atoms with Gasteiger partial charge >= 0.3 is 0 Å². The zero-order chi connectivity index (χ0) is 21.9. The van der Waals surface area contributed by atoms with Gasteiger partial charge in [-0.15, -0.1) is 5.10 Å². The van der Waals surface area contributed by atoms with Crippen LogP contribution >= 0.6 is 0 Å². The van der Waals surface area contributed by atoms with Crippen molar-refractivity contribution >= 4 is 22.8 Å². The quantitative estimate of drug-likeness (QED) is 0.422. The highest BCUT2D eigenvalue weighted by Gasteiger charge is 2.19. The van der Waals surface area contributed by atoms with Gasteiger partial charge in [0.05, 0.1) is 29.9 Å². The molecule has 0 saturated heterocycles. The molecule has 0 fully saturated rings. The van der Waals surface area contributed by atoms with Crippen LogP contribution in [0.15, 0.2) is 79.0 Å². The summed E-state index contributed by atoms with van der Waals surface area (Å²) in [4.78, 5) is 13.5. The van der Waals surface area contributed by atoms with Crippen LogP contribution in [-0.4, -0.2) is 24.7 Å². The number of fused-ring (bicyclic) bond motifs is 1. The maximum atomic E-state index is 14.0. The van der Waals surface area contributed by atoms with E-state index in [2.05, 4.69) is 25.4 Å². The SMILES string of the molecule is Nc1c2c(-c3cccc(F)c3)nc(NCc3ccccn3)nc2nn1Cc1ccccc1. The summed E-state index contributed by atoms with van der Waals surface area (Å²) in [6.45, 7) is 0.928. The molecule has 3 aromatic heterocycles. The van der Waals surface area contributed by atoms with Crippen LogP contribution in [0.4, 0.5) is 16.2 Å². The maximum Gasteiger partial charge on any atom is 0.225 e. The Morgan fingerprint density at radius 2 is 1.78 bits per heavy atom. The van der Waals surface area contributed by atoms with E-state index in [1.807, 2.05) is 48.5 Å². The molecule has 0 amide bonds. The van der Waals surface area contributed by atoms with E-state index in [0.29, 0.717) is 47.1 Å². The van der Waals surface area contributed by atoms with Crippen LogP contribution in [0.1, 0.15) is 11.3 Å². The molecule has 5 aromatic rings. The van der Waals surface area contributed by atoms with Gasteiger partial charge in [0.25, 0.3) is 0 Å². The minimum Gasteiger partial charge on any atom is -0.383 e. The van der Waals surface area contributed by atoms with Crippen molar-refractivity contribution < 1.29 is 4.39 Å². The molecule has 0 aliphatic carbocycles. The van der Waals surface area contributed by atoms with Crippen molar-refractivity contribution in [1.82, 2.24) is 24.7 Å². The van der Waals surface area contributed by atoms with Crippen LogP contribution in [0.5, 0.6) is 0 Å². The summed E-state index contributed by atoms with van der Waals surface area (Å²) in [5.41, 5.74) is 9.94. The van der Waals surface area contributed by atoms with Crippen molar-refractivity contribution in [3.8, 4) is 11.3 Å². The molecule has 7 nitrogen and oxygen atoms in total. The number of nitrogens with zero attached hydrogens (tertiary/aromatic N) is 5. The molecule has 3 N–H and O–H groups in total. The summed E-state index contributed by atoms with van der Waals surface area (Å²) in [7, 11) is 0. The first-order valence-electron chi connectivity index (χ1n) is 10.1. The van der Waals surface area contributed by atoms with E-state index < -0.39 is 0 Å². The zero-order valence-corrected chi connectivity index (χ0v) is 17.1. The highest BCUT2D eigenvalue weighted by molar-refractivity contribution is 5.98. The van der Waals surface area contributed by atoms with Gasteiger partial charge in [0.1, 0.15) is 11.6 Å². The van der Waals surface area contributed by atoms with E-state index >= 15 is 0 Å². The molecule has 0 radical (unpaired) electrons. The number of nitrogen functional groups attached to an aromatic ring is 1. The Balaban J connectivity index is 1.60. The van der Waals surface area contributed by atoms with E-state index in [9.17, 15) is 4.39 Å². The van der Waals surface area contributed by atoms with E-state index in [0.717, 1.165) is 11.3 Å². The highest BCUT2D eigenvalue weighted by atomic mass is 19.1. The lowest BCUT2D eigenvalue weighted by molar-refractivity contribution is 0.628. The number of nitrogens with one attached hydrogen (secondary N) is 1. The molecule has 3 heterocycles. The number of aromatic nitrogens is 5. The van der Waals surface area contributed by atoms with Crippen molar-refractivity contribution in [1.29, 1.82) is 0 Å². The molecule has 0 aliphatic heterocycles. The lowest BCUT2D eigenvalue weighted by Gasteiger charge is -2.08. The van der Waals surface area contributed by atoms with Gasteiger partial charge in [0, 0.05) is 11.8 Å². The summed E-state index contributed by atoms with van der Waals surface area (Å²) in [5.74, 6) is 0.443. The number of rotatable bonds is 6. The van der Waals surface area contributed by atoms with Crippen molar-refractivity contribution in [2.45, 2.75) is 13.1 Å². The third kappa shape index (κ3) is 3.98. The third-order valence-electron chi connectivity index (χ3n) is 5.07. The number of pyridine rings is 1. The number of hydrogen-bond acceptors (Lipinski definition) is 6. The Kier molecular flexibility index (Phi) is 5.17. The van der Waals surface area contributed by atoms with E-state index in [1.165, 1.54) is 12.1 Å². The molecule has 0 bridgehead atoms. The number of nitrogens with two attached hydrogens (primary N) is 1. The Labute approximate surface area is 183 Å². The van der Waals surface area contributed by atoms with Crippen molar-refractivity contribution in [2.75, 3.05) is 11.1 Å². The number of hydrogen-bond donors (Lipinski definition) is 2. The first-order valence-corrected chi connectivity index (χ1v) is 10.1. The molecular weight excluding hydrogens is 405 g/mol. The van der Waals surface area contributed by atoms with Gasteiger partial charge in [-0.25, -0.2) is 14.1 Å². The lowest BCUT2D eigenvalue weighted by Crippen LogP contribution is -2.06. The van der Waals surface area contributed by atoms with Crippen LogP contribution in [0.2, 0.25) is 0 Å². The number of anilines is 2. The average molecular weight is 425 g/mol. The first kappa shape index (κ1) is 19.6. The van der Waals surface area contributed by atoms with Gasteiger partial charge in [-0.3, -0.25) is 4.98 Å². The molecule has 5 rings (SSSR count). The highest BCUT2D eigenvalue weighted by Crippen LogP contribution is 2.32. The zero-order valence-electron chi connectivity index (χ0n) is 17.1. The lowest BCUT2D eigenvalue weighted by atomic mass is 10.1. The topological polar surface area (TPSA) is 94.5 Å². The van der Waals surface area contributed by atoms with Gasteiger partial charge in [0.15, 0.2) is 5.65 Å². The number of benzene rings is 2. The largest absolute Gasteiger partial charge is 0.383 e. The van der Waals surface area contributed by atoms with E-state index in [-0.39, 0.29) is 5.82 Å². The Morgan fingerprint density at radius 1 is 0.938 bits per heavy atom. The first-order chi connectivity index (χ1) is 15.7. The van der Waals surface area contributed by atoms with Crippen LogP contribution in [0.25, 0.3) is 22.3 Å². The van der Waals surface area contributed by atoms with Crippen molar-refractivity contribution in [3.63, 3.8) is 0 Å². The van der Waals surface area contributed by atoms with Crippen LogP contribution in [0.3, 0.4) is 0 Å². The normalized spacial score (nSPS) is 11.0. The average Bonchev–Trinajstić information content (AvgIpc) is 3.13. The van der Waals surface area contributed by atoms with Gasteiger partial charge < -0.3 is 11.1 Å². The van der Waals surface area contributed by atoms with Gasteiger partial charge in [-0.05, 0) is 29.8 Å². The predicted molar refractivity (Wildman–Crippen MR) is 122 cm³/mol. The molecular formula is C24H20FN7. The summed E-state index contributed by atoms with van der Waals surface area (Å²) < 4.78 is 15.7. The van der Waals surface area contributed by atoms with Gasteiger partial charge in [-0.1, -0.05) is 48.5 Å². The Bertz CT molecular complexity index is 1370. The van der Waals surface area contributed by atoms with Crippen molar-refractivity contribution in [2.24, 2.45) is 0 Å². The smallest absolute Gasteiger partial charge is 0.225 e. The standard InChI is InChI=1S/C24H20FN7/c25-18-10-6-9-17(13-18)21-20-22(26)32(15-16-7-2-1-3-8-16)31-23(20)30-24(29-21)28-14-19-11-4-5-12-27-19/h1-13H,14-15,26H2,(H,28,30,31). The second-order valence-corrected chi connectivity index (χ2v) is 7.31. The summed E-state index contributed by atoms with van der Waals surface area (Å²) in [5, 5.41) is 8.40. The van der Waals surface area contributed by atoms with Gasteiger partial charge in [-0.2, -0.15) is 4.98 Å². The minimum atomic E-state index is -0.354. The molecule has 0 unspecified atom stereocenters. The molecule has 8 heteroatoms. The summed E-state index contributed by atoms with van der Waals surface area (Å²) in [6, 6.07) is 21.8. The molecule has 0 saturated carbocycles. The van der Waals surface area contributed by atoms with Crippen molar-refractivity contribution in [3.05, 3.63) is 96.1 Å². The van der Waals surface area contributed by atoms with E-state index in [4.69, 9.17) is 5.73 Å². The summed E-state index contributed by atoms with van der Waals surface area (Å²) >= 11 is 0. The van der Waals surface area contributed by atoms with Crippen LogP contribution in [-0.2, 0) is 13.1 Å². The van der Waals surface area contributed by atoms with Crippen LogP contribution in [0, 0.1) is 5.82 Å².